The maximum absolute atomic E-state index is 12.8. The summed E-state index contributed by atoms with van der Waals surface area (Å²) in [5.41, 5.74) is 0. The monoisotopic (exact) mass is 861 g/mol. The summed E-state index contributed by atoms with van der Waals surface area (Å²) < 4.78 is 35.2. The topological polar surface area (TPSA) is 91.3 Å². The number of phosphoric ester groups is 1. The van der Waals surface area contributed by atoms with Crippen molar-refractivity contribution in [2.24, 2.45) is 0 Å². The van der Waals surface area contributed by atoms with Crippen LogP contribution in [0.4, 0.5) is 0 Å². The lowest BCUT2D eigenvalue weighted by atomic mass is 10.0. The second-order valence-electron chi connectivity index (χ2n) is 18.9. The standard InChI is InChI=1S/C50H102NO7P/c1-6-8-10-12-14-16-18-20-22-24-25-26-27-28-29-31-33-35-37-39-41-43-50(52)58-49(48-57-59(53,54)56-46-44-51(3,4)5)47-55-45-42-40-38-36-34-32-30-23-21-19-17-15-13-11-9-7-2/h49H,6-48H2,1-5H3/p+1/t49-/m1/s1. The van der Waals surface area contributed by atoms with E-state index < -0.39 is 13.9 Å². The minimum Gasteiger partial charge on any atom is -0.457 e. The van der Waals surface area contributed by atoms with Gasteiger partial charge in [0.1, 0.15) is 19.3 Å². The molecule has 0 aliphatic heterocycles. The van der Waals surface area contributed by atoms with E-state index in [9.17, 15) is 14.3 Å². The Labute approximate surface area is 368 Å². The summed E-state index contributed by atoms with van der Waals surface area (Å²) in [6.07, 6.45) is 48.6. The molecule has 0 radical (unpaired) electrons. The number of nitrogens with zero attached hydrogens (tertiary/aromatic N) is 1. The number of likely N-dealkylation sites (N-methyl/N-ethyl adjacent to an activating group) is 1. The van der Waals surface area contributed by atoms with Gasteiger partial charge in [0.2, 0.25) is 0 Å². The number of hydrogen-bond donors (Lipinski definition) is 1. The molecule has 59 heavy (non-hydrogen) atoms. The van der Waals surface area contributed by atoms with Gasteiger partial charge in [0.25, 0.3) is 0 Å². The fraction of sp³-hybridized carbons (Fsp3) is 0.980. The molecule has 0 saturated carbocycles. The van der Waals surface area contributed by atoms with E-state index in [1.54, 1.807) is 0 Å². The Morgan fingerprint density at radius 1 is 0.458 bits per heavy atom. The zero-order valence-corrected chi connectivity index (χ0v) is 41.2. The first kappa shape index (κ1) is 58.5. The van der Waals surface area contributed by atoms with E-state index in [1.165, 1.54) is 205 Å². The van der Waals surface area contributed by atoms with Crippen LogP contribution in [0.3, 0.4) is 0 Å². The van der Waals surface area contributed by atoms with Gasteiger partial charge in [-0.05, 0) is 12.8 Å². The molecule has 0 bridgehead atoms. The Hall–Kier alpha value is -0.500. The van der Waals surface area contributed by atoms with Crippen LogP contribution in [0, 0.1) is 0 Å². The third-order valence-corrected chi connectivity index (χ3v) is 12.7. The van der Waals surface area contributed by atoms with Gasteiger partial charge in [0.15, 0.2) is 0 Å². The Kier molecular flexibility index (Phi) is 43.7. The predicted octanol–water partition coefficient (Wildman–Crippen LogP) is 15.6. The molecule has 0 spiro atoms. The number of phosphoric acid groups is 1. The highest BCUT2D eigenvalue weighted by molar-refractivity contribution is 7.47. The molecule has 8 nitrogen and oxygen atoms in total. The lowest BCUT2D eigenvalue weighted by Gasteiger charge is -2.24. The van der Waals surface area contributed by atoms with Gasteiger partial charge in [0, 0.05) is 13.0 Å². The molecule has 0 aliphatic rings. The molecule has 0 aromatic heterocycles. The summed E-state index contributed by atoms with van der Waals surface area (Å²) in [4.78, 5) is 23.0. The summed E-state index contributed by atoms with van der Waals surface area (Å²) in [7, 11) is 1.69. The fourth-order valence-electron chi connectivity index (χ4n) is 7.67. The zero-order chi connectivity index (χ0) is 43.4. The number of carbonyl (C=O) groups excluding carboxylic acids is 1. The molecule has 1 N–H and O–H groups in total. The summed E-state index contributed by atoms with van der Waals surface area (Å²) in [6.45, 7) is 5.70. The fourth-order valence-corrected chi connectivity index (χ4v) is 8.42. The first-order valence-electron chi connectivity index (χ1n) is 25.8. The molecule has 0 heterocycles. The van der Waals surface area contributed by atoms with Crippen molar-refractivity contribution in [2.45, 2.75) is 264 Å². The van der Waals surface area contributed by atoms with Gasteiger partial charge < -0.3 is 18.9 Å². The van der Waals surface area contributed by atoms with E-state index in [4.69, 9.17) is 18.5 Å². The van der Waals surface area contributed by atoms with Crippen LogP contribution in [0.1, 0.15) is 258 Å². The van der Waals surface area contributed by atoms with Crippen molar-refractivity contribution in [3.05, 3.63) is 0 Å². The summed E-state index contributed by atoms with van der Waals surface area (Å²) in [5, 5.41) is 0. The number of ether oxygens (including phenoxy) is 2. The van der Waals surface area contributed by atoms with Crippen molar-refractivity contribution in [1.82, 2.24) is 0 Å². The zero-order valence-electron chi connectivity index (χ0n) is 40.3. The Morgan fingerprint density at radius 3 is 1.12 bits per heavy atom. The average Bonchev–Trinajstić information content (AvgIpc) is 3.19. The highest BCUT2D eigenvalue weighted by atomic mass is 31.2. The Balaban J connectivity index is 4.07. The van der Waals surface area contributed by atoms with Crippen molar-refractivity contribution in [3.8, 4) is 0 Å². The number of esters is 1. The largest absolute Gasteiger partial charge is 0.472 e. The number of unbranched alkanes of at least 4 members (excludes halogenated alkanes) is 35. The SMILES string of the molecule is CCCCCCCCCCCCCCCCCCCCCCCC(=O)O[C@H](COCCCCCCCCCCCCCCCCCC)COP(=O)(O)OCC[N+](C)(C)C. The molecular formula is C50H103NO7P+. The smallest absolute Gasteiger partial charge is 0.457 e. The third-order valence-electron chi connectivity index (χ3n) is 11.7. The van der Waals surface area contributed by atoms with Crippen LogP contribution in [-0.4, -0.2) is 75.6 Å². The first-order chi connectivity index (χ1) is 28.6. The number of hydrogen-bond acceptors (Lipinski definition) is 6. The minimum atomic E-state index is -4.27. The number of rotatable bonds is 49. The van der Waals surface area contributed by atoms with E-state index in [1.807, 2.05) is 21.1 Å². The van der Waals surface area contributed by atoms with Crippen molar-refractivity contribution < 1.29 is 37.3 Å². The van der Waals surface area contributed by atoms with Gasteiger partial charge in [0.05, 0.1) is 34.4 Å². The second-order valence-corrected chi connectivity index (χ2v) is 20.4. The highest BCUT2D eigenvalue weighted by Crippen LogP contribution is 2.43. The van der Waals surface area contributed by atoms with Crippen molar-refractivity contribution in [3.63, 3.8) is 0 Å². The molecule has 0 amide bonds. The highest BCUT2D eigenvalue weighted by Gasteiger charge is 2.26. The van der Waals surface area contributed by atoms with Gasteiger partial charge in [-0.2, -0.15) is 0 Å². The van der Waals surface area contributed by atoms with Gasteiger partial charge >= 0.3 is 13.8 Å². The number of quaternary nitrogens is 1. The summed E-state index contributed by atoms with van der Waals surface area (Å²) in [6, 6.07) is 0. The van der Waals surface area contributed by atoms with Crippen LogP contribution < -0.4 is 0 Å². The normalized spacial score (nSPS) is 13.5. The first-order valence-corrected chi connectivity index (χ1v) is 27.3. The molecule has 0 aromatic rings. The minimum absolute atomic E-state index is 0.0942. The van der Waals surface area contributed by atoms with E-state index in [0.717, 1.165) is 32.1 Å². The van der Waals surface area contributed by atoms with Gasteiger partial charge in [-0.3, -0.25) is 13.8 Å². The van der Waals surface area contributed by atoms with Crippen molar-refractivity contribution in [2.75, 3.05) is 54.1 Å². The average molecular weight is 861 g/mol. The summed E-state index contributed by atoms with van der Waals surface area (Å²) >= 11 is 0. The molecule has 2 atom stereocenters. The predicted molar refractivity (Wildman–Crippen MR) is 252 cm³/mol. The van der Waals surface area contributed by atoms with Gasteiger partial charge in [-0.15, -0.1) is 0 Å². The second kappa shape index (κ2) is 44.1. The van der Waals surface area contributed by atoms with Crippen LogP contribution in [0.25, 0.3) is 0 Å². The van der Waals surface area contributed by atoms with Crippen LogP contribution in [0.2, 0.25) is 0 Å². The van der Waals surface area contributed by atoms with E-state index in [-0.39, 0.29) is 25.8 Å². The molecule has 1 unspecified atom stereocenters. The molecular weight excluding hydrogens is 758 g/mol. The van der Waals surface area contributed by atoms with Crippen LogP contribution in [0.5, 0.6) is 0 Å². The van der Waals surface area contributed by atoms with Crippen LogP contribution in [0.15, 0.2) is 0 Å². The van der Waals surface area contributed by atoms with Crippen molar-refractivity contribution >= 4 is 13.8 Å². The molecule has 0 rings (SSSR count). The van der Waals surface area contributed by atoms with E-state index in [2.05, 4.69) is 13.8 Å². The Morgan fingerprint density at radius 2 is 0.780 bits per heavy atom. The lowest BCUT2D eigenvalue weighted by Crippen LogP contribution is -2.37. The molecule has 9 heteroatoms. The maximum atomic E-state index is 12.8. The Bertz CT molecular complexity index is 914. The van der Waals surface area contributed by atoms with Gasteiger partial charge in [-0.1, -0.05) is 239 Å². The third kappa shape index (κ3) is 48.4. The molecule has 0 saturated heterocycles. The molecule has 0 fully saturated rings. The number of carbonyl (C=O) groups is 1. The molecule has 0 aliphatic carbocycles. The van der Waals surface area contributed by atoms with Crippen molar-refractivity contribution in [1.29, 1.82) is 0 Å². The molecule has 0 aromatic carbocycles. The summed E-state index contributed by atoms with van der Waals surface area (Å²) in [5.74, 6) is -0.305. The van der Waals surface area contributed by atoms with Crippen LogP contribution >= 0.6 is 7.82 Å². The van der Waals surface area contributed by atoms with Crippen LogP contribution in [-0.2, 0) is 27.9 Å². The maximum Gasteiger partial charge on any atom is 0.472 e. The van der Waals surface area contributed by atoms with Gasteiger partial charge in [-0.25, -0.2) is 4.57 Å². The van der Waals surface area contributed by atoms with E-state index >= 15 is 0 Å². The lowest BCUT2D eigenvalue weighted by molar-refractivity contribution is -0.870. The molecule has 354 valence electrons. The van der Waals surface area contributed by atoms with E-state index in [0.29, 0.717) is 24.1 Å². The quantitative estimate of drug-likeness (QED) is 0.0282.